The van der Waals surface area contributed by atoms with Crippen molar-refractivity contribution in [3.05, 3.63) is 22.4 Å². The van der Waals surface area contributed by atoms with Crippen LogP contribution in [0.2, 0.25) is 0 Å². The van der Waals surface area contributed by atoms with Gasteiger partial charge in [-0.1, -0.05) is 6.07 Å². The van der Waals surface area contributed by atoms with Crippen LogP contribution in [0.1, 0.15) is 23.0 Å². The topological polar surface area (TPSA) is 75.4 Å². The first-order chi connectivity index (χ1) is 8.58. The predicted molar refractivity (Wildman–Crippen MR) is 70.4 cm³/mol. The van der Waals surface area contributed by atoms with Crippen molar-refractivity contribution < 1.29 is 9.59 Å². The molecule has 98 valence electrons. The fourth-order valence-electron chi connectivity index (χ4n) is 2.00. The van der Waals surface area contributed by atoms with E-state index in [1.54, 1.807) is 17.9 Å². The average Bonchev–Trinajstić information content (AvgIpc) is 2.98. The van der Waals surface area contributed by atoms with Crippen LogP contribution in [-0.2, 0) is 4.79 Å². The van der Waals surface area contributed by atoms with Crippen LogP contribution in [-0.4, -0.2) is 41.9 Å². The number of carbonyl (C=O) groups excluding carboxylic acids is 2. The van der Waals surface area contributed by atoms with Gasteiger partial charge in [0, 0.05) is 19.1 Å². The molecule has 0 spiro atoms. The number of rotatable bonds is 3. The molecule has 0 bridgehead atoms. The van der Waals surface area contributed by atoms with Crippen LogP contribution in [0.5, 0.6) is 0 Å². The SMILES string of the molecule is CC(NC(=O)c1cccs1)C(=O)N1CC[C@@H](N)C1. The van der Waals surface area contributed by atoms with E-state index in [2.05, 4.69) is 5.32 Å². The van der Waals surface area contributed by atoms with Crippen molar-refractivity contribution in [1.82, 2.24) is 10.2 Å². The molecule has 2 rings (SSSR count). The summed E-state index contributed by atoms with van der Waals surface area (Å²) in [6.07, 6.45) is 0.831. The van der Waals surface area contributed by atoms with Crippen LogP contribution >= 0.6 is 11.3 Å². The molecule has 2 amide bonds. The van der Waals surface area contributed by atoms with Crippen molar-refractivity contribution in [3.63, 3.8) is 0 Å². The Kier molecular flexibility index (Phi) is 3.98. The molecular formula is C12H17N3O2S. The molecule has 0 aromatic carbocycles. The highest BCUT2D eigenvalue weighted by molar-refractivity contribution is 7.12. The normalized spacial score (nSPS) is 20.8. The summed E-state index contributed by atoms with van der Waals surface area (Å²) >= 11 is 1.36. The number of hydrogen-bond donors (Lipinski definition) is 2. The predicted octanol–water partition coefficient (Wildman–Crippen LogP) is 0.426. The van der Waals surface area contributed by atoms with E-state index in [1.807, 2.05) is 11.4 Å². The highest BCUT2D eigenvalue weighted by Gasteiger charge is 2.28. The third-order valence-corrected chi connectivity index (χ3v) is 3.87. The maximum absolute atomic E-state index is 12.1. The molecule has 18 heavy (non-hydrogen) atoms. The molecule has 1 saturated heterocycles. The van der Waals surface area contributed by atoms with E-state index >= 15 is 0 Å². The molecule has 1 unspecified atom stereocenters. The molecular weight excluding hydrogens is 250 g/mol. The monoisotopic (exact) mass is 267 g/mol. The van der Waals surface area contributed by atoms with Gasteiger partial charge in [0.2, 0.25) is 5.91 Å². The van der Waals surface area contributed by atoms with Crippen molar-refractivity contribution in [3.8, 4) is 0 Å². The maximum atomic E-state index is 12.1. The number of amides is 2. The van der Waals surface area contributed by atoms with Gasteiger partial charge in [0.1, 0.15) is 6.04 Å². The number of carbonyl (C=O) groups is 2. The zero-order chi connectivity index (χ0) is 13.1. The quantitative estimate of drug-likeness (QED) is 0.833. The van der Waals surface area contributed by atoms with Crippen molar-refractivity contribution in [2.24, 2.45) is 5.73 Å². The number of likely N-dealkylation sites (tertiary alicyclic amines) is 1. The summed E-state index contributed by atoms with van der Waals surface area (Å²) in [7, 11) is 0. The third kappa shape index (κ3) is 2.88. The molecule has 1 aromatic heterocycles. The highest BCUT2D eigenvalue weighted by Crippen LogP contribution is 2.11. The molecule has 5 nitrogen and oxygen atoms in total. The summed E-state index contributed by atoms with van der Waals surface area (Å²) in [5, 5.41) is 4.55. The van der Waals surface area contributed by atoms with Crippen LogP contribution in [0.3, 0.4) is 0 Å². The number of thiophene rings is 1. The summed E-state index contributed by atoms with van der Waals surface area (Å²) in [4.78, 5) is 26.2. The average molecular weight is 267 g/mol. The number of nitrogens with zero attached hydrogens (tertiary/aromatic N) is 1. The molecule has 1 aliphatic heterocycles. The first-order valence-corrected chi connectivity index (χ1v) is 6.84. The minimum atomic E-state index is -0.509. The van der Waals surface area contributed by atoms with Gasteiger partial charge in [-0.2, -0.15) is 0 Å². The molecule has 2 atom stereocenters. The Morgan fingerprint density at radius 2 is 2.39 bits per heavy atom. The van der Waals surface area contributed by atoms with Crippen LogP contribution in [0.15, 0.2) is 17.5 Å². The van der Waals surface area contributed by atoms with E-state index in [0.29, 0.717) is 18.0 Å². The van der Waals surface area contributed by atoms with Gasteiger partial charge in [-0.25, -0.2) is 0 Å². The molecule has 0 radical (unpaired) electrons. The Morgan fingerprint density at radius 3 is 2.94 bits per heavy atom. The van der Waals surface area contributed by atoms with Gasteiger partial charge in [0.15, 0.2) is 0 Å². The number of hydrogen-bond acceptors (Lipinski definition) is 4. The Hall–Kier alpha value is -1.40. The second kappa shape index (κ2) is 5.49. The lowest BCUT2D eigenvalue weighted by Crippen LogP contribution is -2.46. The van der Waals surface area contributed by atoms with Crippen LogP contribution in [0.4, 0.5) is 0 Å². The molecule has 0 aliphatic carbocycles. The Labute approximate surface area is 110 Å². The van der Waals surface area contributed by atoms with E-state index in [1.165, 1.54) is 11.3 Å². The Bertz CT molecular complexity index is 433. The van der Waals surface area contributed by atoms with Crippen molar-refractivity contribution in [2.75, 3.05) is 13.1 Å². The Morgan fingerprint density at radius 1 is 1.61 bits per heavy atom. The summed E-state index contributed by atoms with van der Waals surface area (Å²) in [6.45, 7) is 2.97. The van der Waals surface area contributed by atoms with E-state index in [0.717, 1.165) is 6.42 Å². The Balaban J connectivity index is 1.89. The lowest BCUT2D eigenvalue weighted by Gasteiger charge is -2.21. The second-order valence-electron chi connectivity index (χ2n) is 4.51. The molecule has 1 fully saturated rings. The first-order valence-electron chi connectivity index (χ1n) is 5.96. The van der Waals surface area contributed by atoms with Gasteiger partial charge in [-0.15, -0.1) is 11.3 Å². The zero-order valence-electron chi connectivity index (χ0n) is 10.3. The van der Waals surface area contributed by atoms with Gasteiger partial charge in [-0.05, 0) is 24.8 Å². The van der Waals surface area contributed by atoms with E-state index in [-0.39, 0.29) is 17.9 Å². The second-order valence-corrected chi connectivity index (χ2v) is 5.45. The summed E-state index contributed by atoms with van der Waals surface area (Å²) in [5.41, 5.74) is 5.76. The minimum Gasteiger partial charge on any atom is -0.340 e. The van der Waals surface area contributed by atoms with Crippen molar-refractivity contribution in [1.29, 1.82) is 0 Å². The largest absolute Gasteiger partial charge is 0.340 e. The van der Waals surface area contributed by atoms with E-state index in [9.17, 15) is 9.59 Å². The van der Waals surface area contributed by atoms with Crippen LogP contribution < -0.4 is 11.1 Å². The van der Waals surface area contributed by atoms with Crippen molar-refractivity contribution in [2.45, 2.75) is 25.4 Å². The standard InChI is InChI=1S/C12H17N3O2S/c1-8(12(17)15-5-4-9(13)7-15)14-11(16)10-3-2-6-18-10/h2-3,6,8-9H,4-5,7,13H2,1H3,(H,14,16)/t8?,9-/m1/s1. The molecule has 2 heterocycles. The number of nitrogens with one attached hydrogen (secondary N) is 1. The van der Waals surface area contributed by atoms with Gasteiger partial charge in [-0.3, -0.25) is 9.59 Å². The van der Waals surface area contributed by atoms with Gasteiger partial charge < -0.3 is 16.0 Å². The fraction of sp³-hybridized carbons (Fsp3) is 0.500. The third-order valence-electron chi connectivity index (χ3n) is 3.00. The molecule has 1 aliphatic rings. The van der Waals surface area contributed by atoms with E-state index in [4.69, 9.17) is 5.73 Å². The summed E-state index contributed by atoms with van der Waals surface area (Å²) < 4.78 is 0. The van der Waals surface area contributed by atoms with Gasteiger partial charge >= 0.3 is 0 Å². The lowest BCUT2D eigenvalue weighted by atomic mass is 10.2. The highest BCUT2D eigenvalue weighted by atomic mass is 32.1. The van der Waals surface area contributed by atoms with Crippen LogP contribution in [0.25, 0.3) is 0 Å². The molecule has 3 N–H and O–H groups in total. The van der Waals surface area contributed by atoms with Gasteiger partial charge in [0.25, 0.3) is 5.91 Å². The maximum Gasteiger partial charge on any atom is 0.261 e. The summed E-state index contributed by atoms with van der Waals surface area (Å²) in [6, 6.07) is 3.10. The van der Waals surface area contributed by atoms with Crippen LogP contribution in [0, 0.1) is 0 Å². The summed E-state index contributed by atoms with van der Waals surface area (Å²) in [5.74, 6) is -0.262. The zero-order valence-corrected chi connectivity index (χ0v) is 11.1. The molecule has 0 saturated carbocycles. The smallest absolute Gasteiger partial charge is 0.261 e. The first kappa shape index (κ1) is 13.0. The molecule has 1 aromatic rings. The van der Waals surface area contributed by atoms with Gasteiger partial charge in [0.05, 0.1) is 4.88 Å². The fourth-order valence-corrected chi connectivity index (χ4v) is 2.63. The van der Waals surface area contributed by atoms with E-state index < -0.39 is 6.04 Å². The van der Waals surface area contributed by atoms with Crippen molar-refractivity contribution >= 4 is 23.2 Å². The minimum absolute atomic E-state index is 0.0622. The number of nitrogens with two attached hydrogens (primary N) is 1. The molecule has 6 heteroatoms. The lowest BCUT2D eigenvalue weighted by molar-refractivity contribution is -0.131.